The summed E-state index contributed by atoms with van der Waals surface area (Å²) < 4.78 is 30.5. The summed E-state index contributed by atoms with van der Waals surface area (Å²) in [4.78, 5) is 28.8. The average Bonchev–Trinajstić information content (AvgIpc) is 2.67. The zero-order valence-electron chi connectivity index (χ0n) is 16.6. The van der Waals surface area contributed by atoms with Gasteiger partial charge in [-0.15, -0.1) is 0 Å². The number of hydroxylamine groups is 1. The lowest BCUT2D eigenvalue weighted by atomic mass is 9.97. The van der Waals surface area contributed by atoms with Gasteiger partial charge in [0.05, 0.1) is 17.7 Å². The van der Waals surface area contributed by atoms with E-state index in [2.05, 4.69) is 5.32 Å². The number of hydrogen-bond acceptors (Lipinski definition) is 6. The van der Waals surface area contributed by atoms with Gasteiger partial charge >= 0.3 is 5.97 Å². The fourth-order valence-electron chi connectivity index (χ4n) is 3.15. The lowest BCUT2D eigenvalue weighted by Gasteiger charge is -2.21. The van der Waals surface area contributed by atoms with E-state index in [-0.39, 0.29) is 27.4 Å². The van der Waals surface area contributed by atoms with Gasteiger partial charge in [0.2, 0.25) is 0 Å². The SMILES string of the molecule is CON(C)S(=O)(=O)c1cc(C(=O)OCC(=O)NC2CCCCCCC2)ccc1Cl. The van der Waals surface area contributed by atoms with E-state index in [1.807, 2.05) is 0 Å². The molecule has 0 bridgehead atoms. The zero-order chi connectivity index (χ0) is 21.4. The highest BCUT2D eigenvalue weighted by Crippen LogP contribution is 2.25. The van der Waals surface area contributed by atoms with E-state index in [1.165, 1.54) is 45.6 Å². The molecule has 2 rings (SSSR count). The summed E-state index contributed by atoms with van der Waals surface area (Å²) in [7, 11) is -1.64. The summed E-state index contributed by atoms with van der Waals surface area (Å²) in [5, 5.41) is 2.84. The number of rotatable bonds is 7. The second-order valence-corrected chi connectivity index (χ2v) is 9.24. The van der Waals surface area contributed by atoms with E-state index in [0.29, 0.717) is 4.47 Å². The molecule has 1 aliphatic rings. The van der Waals surface area contributed by atoms with E-state index < -0.39 is 22.6 Å². The Kier molecular flexibility index (Phi) is 8.88. The first-order chi connectivity index (χ1) is 13.8. The summed E-state index contributed by atoms with van der Waals surface area (Å²) in [5.41, 5.74) is -0.0313. The molecule has 10 heteroatoms. The number of ether oxygens (including phenoxy) is 1. The number of nitrogens with one attached hydrogen (secondary N) is 1. The number of sulfonamides is 1. The minimum Gasteiger partial charge on any atom is -0.452 e. The molecule has 0 saturated heterocycles. The Morgan fingerprint density at radius 1 is 1.17 bits per heavy atom. The first-order valence-electron chi connectivity index (χ1n) is 9.54. The normalized spacial score (nSPS) is 16.1. The Morgan fingerprint density at radius 2 is 1.79 bits per heavy atom. The molecular weight excluding hydrogens is 420 g/mol. The Morgan fingerprint density at radius 3 is 2.41 bits per heavy atom. The van der Waals surface area contributed by atoms with Gasteiger partial charge in [-0.25, -0.2) is 13.2 Å². The number of halogens is 1. The molecule has 162 valence electrons. The molecule has 0 spiro atoms. The van der Waals surface area contributed by atoms with Crippen LogP contribution in [-0.2, 0) is 24.4 Å². The fraction of sp³-hybridized carbons (Fsp3) is 0.579. The molecular formula is C19H27ClN2O6S. The highest BCUT2D eigenvalue weighted by Gasteiger charge is 2.25. The first-order valence-corrected chi connectivity index (χ1v) is 11.4. The Balaban J connectivity index is 1.98. The molecule has 0 aromatic heterocycles. The second kappa shape index (κ2) is 10.9. The number of hydrogen-bond donors (Lipinski definition) is 1. The van der Waals surface area contributed by atoms with E-state index in [1.54, 1.807) is 0 Å². The van der Waals surface area contributed by atoms with Crippen LogP contribution in [0.2, 0.25) is 5.02 Å². The number of nitrogens with zero attached hydrogens (tertiary/aromatic N) is 1. The lowest BCUT2D eigenvalue weighted by Crippen LogP contribution is -2.38. The quantitative estimate of drug-likeness (QED) is 0.510. The summed E-state index contributed by atoms with van der Waals surface area (Å²) in [6, 6.07) is 3.81. The molecule has 1 N–H and O–H groups in total. The van der Waals surface area contributed by atoms with Crippen molar-refractivity contribution in [1.29, 1.82) is 0 Å². The Labute approximate surface area is 176 Å². The van der Waals surface area contributed by atoms with Gasteiger partial charge in [-0.2, -0.15) is 0 Å². The van der Waals surface area contributed by atoms with Gasteiger partial charge < -0.3 is 10.1 Å². The zero-order valence-corrected chi connectivity index (χ0v) is 18.2. The summed E-state index contributed by atoms with van der Waals surface area (Å²) in [6.07, 6.45) is 7.56. The second-order valence-electron chi connectivity index (χ2n) is 6.93. The van der Waals surface area contributed by atoms with Crippen molar-refractivity contribution in [3.8, 4) is 0 Å². The van der Waals surface area contributed by atoms with Crippen LogP contribution in [0.5, 0.6) is 0 Å². The van der Waals surface area contributed by atoms with Crippen LogP contribution < -0.4 is 5.32 Å². The monoisotopic (exact) mass is 446 g/mol. The highest BCUT2D eigenvalue weighted by atomic mass is 35.5. The molecule has 1 amide bonds. The topological polar surface area (TPSA) is 102 Å². The van der Waals surface area contributed by atoms with Gasteiger partial charge in [0.1, 0.15) is 4.90 Å². The number of amides is 1. The molecule has 0 heterocycles. The lowest BCUT2D eigenvalue weighted by molar-refractivity contribution is -0.125. The van der Waals surface area contributed by atoms with E-state index in [9.17, 15) is 18.0 Å². The number of carbonyl (C=O) groups is 2. The van der Waals surface area contributed by atoms with Crippen molar-refractivity contribution in [1.82, 2.24) is 9.79 Å². The smallest absolute Gasteiger partial charge is 0.338 e. The van der Waals surface area contributed by atoms with Gasteiger partial charge in [-0.1, -0.05) is 48.2 Å². The Bertz CT molecular complexity index is 822. The number of benzene rings is 1. The molecule has 0 aliphatic heterocycles. The van der Waals surface area contributed by atoms with Crippen molar-refractivity contribution in [2.45, 2.75) is 55.9 Å². The number of esters is 1. The highest BCUT2D eigenvalue weighted by molar-refractivity contribution is 7.89. The van der Waals surface area contributed by atoms with Gasteiger partial charge in [0, 0.05) is 13.1 Å². The largest absolute Gasteiger partial charge is 0.452 e. The average molecular weight is 447 g/mol. The van der Waals surface area contributed by atoms with Crippen molar-refractivity contribution in [3.63, 3.8) is 0 Å². The summed E-state index contributed by atoms with van der Waals surface area (Å²) in [6.45, 7) is -0.433. The van der Waals surface area contributed by atoms with Crippen LogP contribution in [0.1, 0.15) is 55.3 Å². The van der Waals surface area contributed by atoms with E-state index >= 15 is 0 Å². The van der Waals surface area contributed by atoms with Crippen LogP contribution in [0.15, 0.2) is 23.1 Å². The van der Waals surface area contributed by atoms with Crippen LogP contribution in [0.3, 0.4) is 0 Å². The van der Waals surface area contributed by atoms with Crippen molar-refractivity contribution in [2.75, 3.05) is 20.8 Å². The molecule has 1 aliphatic carbocycles. The van der Waals surface area contributed by atoms with Crippen molar-refractivity contribution >= 4 is 33.5 Å². The van der Waals surface area contributed by atoms with Crippen molar-refractivity contribution in [3.05, 3.63) is 28.8 Å². The molecule has 0 unspecified atom stereocenters. The molecule has 1 aromatic carbocycles. The minimum absolute atomic E-state index is 0.0313. The molecule has 29 heavy (non-hydrogen) atoms. The van der Waals surface area contributed by atoms with Crippen molar-refractivity contribution in [2.24, 2.45) is 0 Å². The fourth-order valence-corrected chi connectivity index (χ4v) is 4.62. The van der Waals surface area contributed by atoms with Gasteiger partial charge in [-0.3, -0.25) is 9.63 Å². The van der Waals surface area contributed by atoms with Crippen LogP contribution in [0.25, 0.3) is 0 Å². The molecule has 1 aromatic rings. The summed E-state index contributed by atoms with van der Waals surface area (Å²) in [5.74, 6) is -1.18. The maximum Gasteiger partial charge on any atom is 0.338 e. The third kappa shape index (κ3) is 6.67. The molecule has 0 atom stereocenters. The van der Waals surface area contributed by atoms with Crippen LogP contribution in [0, 0.1) is 0 Å². The van der Waals surface area contributed by atoms with Crippen LogP contribution >= 0.6 is 11.6 Å². The van der Waals surface area contributed by atoms with Gasteiger partial charge in [-0.05, 0) is 31.0 Å². The van der Waals surface area contributed by atoms with E-state index in [4.69, 9.17) is 21.2 Å². The van der Waals surface area contributed by atoms with Crippen molar-refractivity contribution < 1.29 is 27.6 Å². The molecule has 1 fully saturated rings. The maximum atomic E-state index is 12.4. The van der Waals surface area contributed by atoms with Crippen LogP contribution in [-0.4, -0.2) is 51.6 Å². The van der Waals surface area contributed by atoms with E-state index in [0.717, 1.165) is 31.7 Å². The maximum absolute atomic E-state index is 12.4. The summed E-state index contributed by atoms with van der Waals surface area (Å²) >= 11 is 5.97. The van der Waals surface area contributed by atoms with Gasteiger partial charge in [0.25, 0.3) is 15.9 Å². The molecule has 0 radical (unpaired) electrons. The number of carbonyl (C=O) groups excluding carboxylic acids is 2. The Hall–Kier alpha value is -1.68. The molecule has 1 saturated carbocycles. The third-order valence-electron chi connectivity index (χ3n) is 4.85. The predicted molar refractivity (Wildman–Crippen MR) is 108 cm³/mol. The minimum atomic E-state index is -4.04. The third-order valence-corrected chi connectivity index (χ3v) is 7.01. The van der Waals surface area contributed by atoms with Crippen LogP contribution in [0.4, 0.5) is 0 Å². The first kappa shape index (κ1) is 23.6. The molecule has 8 nitrogen and oxygen atoms in total. The van der Waals surface area contributed by atoms with Gasteiger partial charge in [0.15, 0.2) is 6.61 Å². The standard InChI is InChI=1S/C19H27ClN2O6S/c1-22(27-2)29(25,26)17-12-14(10-11-16(17)20)19(24)28-13-18(23)21-15-8-6-4-3-5-7-9-15/h10-12,15H,3-9,13H2,1-2H3,(H,21,23). The predicted octanol–water partition coefficient (Wildman–Crippen LogP) is 2.91.